The summed E-state index contributed by atoms with van der Waals surface area (Å²) in [7, 11) is 1.67. The summed E-state index contributed by atoms with van der Waals surface area (Å²) in [5.41, 5.74) is 9.66. The minimum absolute atomic E-state index is 0.470. The van der Waals surface area contributed by atoms with Gasteiger partial charge >= 0.3 is 0 Å². The molecule has 5 nitrogen and oxygen atoms in total. The molecule has 0 spiro atoms. The minimum Gasteiger partial charge on any atom is -0.495 e. The van der Waals surface area contributed by atoms with Gasteiger partial charge in [-0.25, -0.2) is 0 Å². The molecule has 0 unspecified atom stereocenters. The molecule has 0 fully saturated rings. The highest BCUT2D eigenvalue weighted by Crippen LogP contribution is 2.37. The molecule has 4 N–H and O–H groups in total. The third kappa shape index (κ3) is 1.44. The number of aromatic amines is 2. The van der Waals surface area contributed by atoms with Crippen molar-refractivity contribution in [2.45, 2.75) is 6.92 Å². The lowest BCUT2D eigenvalue weighted by Crippen LogP contribution is -1.90. The normalized spacial score (nSPS) is 11.0. The Morgan fingerprint density at radius 3 is 2.83 bits per heavy atom. The van der Waals surface area contributed by atoms with Crippen LogP contribution in [0.15, 0.2) is 24.4 Å². The number of fused-ring (bicyclic) bond motifs is 1. The van der Waals surface area contributed by atoms with Crippen LogP contribution in [0, 0.1) is 6.92 Å². The van der Waals surface area contributed by atoms with Crippen LogP contribution in [0.25, 0.3) is 22.2 Å². The van der Waals surface area contributed by atoms with Crippen LogP contribution in [0.5, 0.6) is 5.75 Å². The quantitative estimate of drug-likeness (QED) is 0.645. The van der Waals surface area contributed by atoms with Crippen molar-refractivity contribution in [3.63, 3.8) is 0 Å². The predicted octanol–water partition coefficient (Wildman–Crippen LogP) is 2.46. The molecule has 0 aliphatic rings. The highest BCUT2D eigenvalue weighted by molar-refractivity contribution is 5.95. The molecule has 3 aromatic rings. The Morgan fingerprint density at radius 2 is 2.17 bits per heavy atom. The highest BCUT2D eigenvalue weighted by Gasteiger charge is 2.14. The van der Waals surface area contributed by atoms with Crippen molar-refractivity contribution < 1.29 is 4.74 Å². The van der Waals surface area contributed by atoms with E-state index in [2.05, 4.69) is 15.2 Å². The number of hydrogen-bond acceptors (Lipinski definition) is 3. The molecule has 2 aromatic heterocycles. The summed E-state index contributed by atoms with van der Waals surface area (Å²) in [4.78, 5) is 3.22. The monoisotopic (exact) mass is 242 g/mol. The van der Waals surface area contributed by atoms with Crippen molar-refractivity contribution in [3.05, 3.63) is 30.0 Å². The maximum Gasteiger partial charge on any atom is 0.145 e. The topological polar surface area (TPSA) is 79.7 Å². The zero-order valence-electron chi connectivity index (χ0n) is 10.2. The summed E-state index contributed by atoms with van der Waals surface area (Å²) < 4.78 is 5.55. The fraction of sp³-hybridized carbons (Fsp3) is 0.154. The molecule has 0 saturated heterocycles. The van der Waals surface area contributed by atoms with Crippen molar-refractivity contribution in [2.24, 2.45) is 0 Å². The summed E-state index contributed by atoms with van der Waals surface area (Å²) in [6, 6.07) is 5.81. The van der Waals surface area contributed by atoms with E-state index in [1.54, 1.807) is 13.2 Å². The lowest BCUT2D eigenvalue weighted by atomic mass is 10.1. The van der Waals surface area contributed by atoms with Gasteiger partial charge in [-0.2, -0.15) is 5.10 Å². The number of H-pyrrole nitrogens is 2. The molecule has 0 atom stereocenters. The minimum atomic E-state index is 0.470. The van der Waals surface area contributed by atoms with E-state index in [4.69, 9.17) is 10.5 Å². The first kappa shape index (κ1) is 10.7. The first-order valence-corrected chi connectivity index (χ1v) is 5.66. The lowest BCUT2D eigenvalue weighted by molar-refractivity contribution is 0.421. The highest BCUT2D eigenvalue weighted by atomic mass is 16.5. The number of nitrogens with one attached hydrogen (secondary N) is 2. The van der Waals surface area contributed by atoms with E-state index in [0.717, 1.165) is 33.5 Å². The van der Waals surface area contributed by atoms with E-state index in [9.17, 15) is 0 Å². The van der Waals surface area contributed by atoms with E-state index < -0.39 is 0 Å². The van der Waals surface area contributed by atoms with Crippen molar-refractivity contribution in [1.82, 2.24) is 15.2 Å². The fourth-order valence-corrected chi connectivity index (χ4v) is 2.25. The molecule has 3 rings (SSSR count). The maximum atomic E-state index is 5.64. The molecule has 0 bridgehead atoms. The molecule has 2 heterocycles. The summed E-state index contributed by atoms with van der Waals surface area (Å²) in [5, 5.41) is 7.94. The second-order valence-electron chi connectivity index (χ2n) is 4.25. The lowest BCUT2D eigenvalue weighted by Gasteiger charge is -2.09. The van der Waals surface area contributed by atoms with Gasteiger partial charge in [0.05, 0.1) is 12.8 Å². The molecule has 92 valence electrons. The molecule has 0 radical (unpaired) electrons. The molecule has 0 saturated carbocycles. The Kier molecular flexibility index (Phi) is 2.26. The zero-order valence-corrected chi connectivity index (χ0v) is 10.2. The number of aryl methyl sites for hydroxylation is 1. The summed E-state index contributed by atoms with van der Waals surface area (Å²) in [6.45, 7) is 2.05. The molecule has 0 aliphatic carbocycles. The number of ether oxygens (including phenoxy) is 1. The van der Waals surface area contributed by atoms with Gasteiger partial charge in [0.2, 0.25) is 0 Å². The van der Waals surface area contributed by atoms with Gasteiger partial charge in [-0.05, 0) is 24.6 Å². The molecule has 0 aliphatic heterocycles. The van der Waals surface area contributed by atoms with E-state index >= 15 is 0 Å². The molecule has 5 heteroatoms. The number of nitrogens with two attached hydrogens (primary N) is 1. The van der Waals surface area contributed by atoms with Crippen LogP contribution >= 0.6 is 0 Å². The van der Waals surface area contributed by atoms with Gasteiger partial charge < -0.3 is 15.5 Å². The summed E-state index contributed by atoms with van der Waals surface area (Å²) in [5.74, 6) is 1.30. The average molecular weight is 242 g/mol. The Labute approximate surface area is 104 Å². The van der Waals surface area contributed by atoms with Crippen LogP contribution in [0.4, 0.5) is 5.82 Å². The van der Waals surface area contributed by atoms with Crippen LogP contribution in [-0.4, -0.2) is 22.3 Å². The fourth-order valence-electron chi connectivity index (χ4n) is 2.25. The smallest absolute Gasteiger partial charge is 0.145 e. The Hall–Kier alpha value is -2.43. The predicted molar refractivity (Wildman–Crippen MR) is 71.6 cm³/mol. The zero-order chi connectivity index (χ0) is 12.7. The third-order valence-corrected chi connectivity index (χ3v) is 3.09. The van der Waals surface area contributed by atoms with Crippen LogP contribution in [0.1, 0.15) is 5.56 Å². The molecular formula is C13H14N4O. The van der Waals surface area contributed by atoms with E-state index in [-0.39, 0.29) is 0 Å². The van der Waals surface area contributed by atoms with E-state index in [1.165, 1.54) is 0 Å². The largest absolute Gasteiger partial charge is 0.495 e. The number of nitrogen functional groups attached to an aromatic ring is 1. The van der Waals surface area contributed by atoms with Crippen LogP contribution < -0.4 is 10.5 Å². The number of aromatic nitrogens is 3. The Balaban J connectivity index is 2.32. The molecule has 18 heavy (non-hydrogen) atoms. The maximum absolute atomic E-state index is 5.64. The standard InChI is InChI=1S/C13H14N4O/c1-7-6-15-9-4-3-8(13(18-2)12(7)9)10-5-11(14)17-16-10/h3-6,15H,1-2H3,(H3,14,16,17). The van der Waals surface area contributed by atoms with Crippen molar-refractivity contribution in [3.8, 4) is 17.0 Å². The van der Waals surface area contributed by atoms with Crippen molar-refractivity contribution >= 4 is 16.7 Å². The van der Waals surface area contributed by atoms with Gasteiger partial charge in [0, 0.05) is 28.7 Å². The van der Waals surface area contributed by atoms with Crippen LogP contribution in [0.2, 0.25) is 0 Å². The number of benzene rings is 1. The first-order valence-electron chi connectivity index (χ1n) is 5.66. The summed E-state index contributed by atoms with van der Waals surface area (Å²) >= 11 is 0. The van der Waals surface area contributed by atoms with Gasteiger partial charge in [0.1, 0.15) is 11.6 Å². The Morgan fingerprint density at radius 1 is 1.33 bits per heavy atom. The SMILES string of the molecule is COc1c(-c2cc(N)n[nH]2)ccc2[nH]cc(C)c12. The second-order valence-corrected chi connectivity index (χ2v) is 4.25. The van der Waals surface area contributed by atoms with Crippen molar-refractivity contribution in [2.75, 3.05) is 12.8 Å². The van der Waals surface area contributed by atoms with Crippen LogP contribution in [0.3, 0.4) is 0 Å². The van der Waals surface area contributed by atoms with Gasteiger partial charge in [0.15, 0.2) is 0 Å². The van der Waals surface area contributed by atoms with Gasteiger partial charge in [-0.3, -0.25) is 5.10 Å². The summed E-state index contributed by atoms with van der Waals surface area (Å²) in [6.07, 6.45) is 1.97. The number of methoxy groups -OCH3 is 1. The first-order chi connectivity index (χ1) is 8.70. The van der Waals surface area contributed by atoms with E-state index in [0.29, 0.717) is 5.82 Å². The Bertz CT molecular complexity index is 711. The molecule has 0 amide bonds. The average Bonchev–Trinajstić information content (AvgIpc) is 2.95. The van der Waals surface area contributed by atoms with Gasteiger partial charge in [-0.1, -0.05) is 0 Å². The van der Waals surface area contributed by atoms with E-state index in [1.807, 2.05) is 25.3 Å². The molecular weight excluding hydrogens is 228 g/mol. The third-order valence-electron chi connectivity index (χ3n) is 3.09. The number of anilines is 1. The number of rotatable bonds is 2. The van der Waals surface area contributed by atoms with Crippen molar-refractivity contribution in [1.29, 1.82) is 0 Å². The number of nitrogens with zero attached hydrogens (tertiary/aromatic N) is 1. The van der Waals surface area contributed by atoms with Gasteiger partial charge in [0.25, 0.3) is 0 Å². The second kappa shape index (κ2) is 3.80. The number of hydrogen-bond donors (Lipinski definition) is 3. The van der Waals surface area contributed by atoms with Gasteiger partial charge in [-0.15, -0.1) is 0 Å². The van der Waals surface area contributed by atoms with Crippen LogP contribution in [-0.2, 0) is 0 Å². The molecule has 1 aromatic carbocycles.